The van der Waals surface area contributed by atoms with Crippen LogP contribution in [0.25, 0.3) is 23.0 Å². The molecule has 2 aromatic rings. The van der Waals surface area contributed by atoms with E-state index < -0.39 is 0 Å². The molecule has 1 heterocycles. The first-order valence-electron chi connectivity index (χ1n) is 12.1. The highest BCUT2D eigenvalue weighted by molar-refractivity contribution is 5.87. The lowest BCUT2D eigenvalue weighted by Crippen LogP contribution is -2.10. The maximum Gasteiger partial charge on any atom is 0.194 e. The Morgan fingerprint density at radius 2 is 2.05 bits per heavy atom. The van der Waals surface area contributed by atoms with Crippen LogP contribution in [-0.2, 0) is 11.2 Å². The second-order valence-electron chi connectivity index (χ2n) is 8.34. The SMILES string of the molecule is C=C/C=C(\C=C/C)c1c(CC(=NC(=C)c2ccc(C)c(/C=C\C)c2)OC)nnn1C1=C(F)C=CC=CC1. The van der Waals surface area contributed by atoms with E-state index in [1.807, 2.05) is 62.4 Å². The summed E-state index contributed by atoms with van der Waals surface area (Å²) in [6.07, 6.45) is 18.8. The van der Waals surface area contributed by atoms with Crippen LogP contribution in [0, 0.1) is 6.92 Å². The minimum Gasteiger partial charge on any atom is -0.484 e. The Balaban J connectivity index is 2.07. The van der Waals surface area contributed by atoms with Gasteiger partial charge in [0, 0.05) is 17.6 Å². The first-order chi connectivity index (χ1) is 17.9. The van der Waals surface area contributed by atoms with Crippen molar-refractivity contribution in [1.82, 2.24) is 15.0 Å². The molecule has 1 aliphatic rings. The van der Waals surface area contributed by atoms with Crippen molar-refractivity contribution in [2.75, 3.05) is 7.11 Å². The van der Waals surface area contributed by atoms with Crippen molar-refractivity contribution in [1.29, 1.82) is 0 Å². The summed E-state index contributed by atoms with van der Waals surface area (Å²) >= 11 is 0. The van der Waals surface area contributed by atoms with Gasteiger partial charge in [-0.2, -0.15) is 0 Å². The fraction of sp³-hybridized carbons (Fsp3) is 0.194. The predicted molar refractivity (Wildman–Crippen MR) is 153 cm³/mol. The van der Waals surface area contributed by atoms with E-state index >= 15 is 0 Å². The van der Waals surface area contributed by atoms with Crippen molar-refractivity contribution in [3.8, 4) is 0 Å². The summed E-state index contributed by atoms with van der Waals surface area (Å²) in [4.78, 5) is 4.67. The Morgan fingerprint density at radius 3 is 2.76 bits per heavy atom. The predicted octanol–water partition coefficient (Wildman–Crippen LogP) is 7.68. The second kappa shape index (κ2) is 13.1. The van der Waals surface area contributed by atoms with Crippen LogP contribution < -0.4 is 0 Å². The number of aromatic nitrogens is 3. The molecule has 190 valence electrons. The molecule has 1 aromatic heterocycles. The van der Waals surface area contributed by atoms with Crippen molar-refractivity contribution in [2.24, 2.45) is 4.99 Å². The van der Waals surface area contributed by atoms with Crippen molar-refractivity contribution in [3.05, 3.63) is 120 Å². The number of benzene rings is 1. The van der Waals surface area contributed by atoms with Crippen molar-refractivity contribution < 1.29 is 9.13 Å². The third kappa shape index (κ3) is 6.67. The number of nitrogens with zero attached hydrogens (tertiary/aromatic N) is 4. The van der Waals surface area contributed by atoms with E-state index in [2.05, 4.69) is 47.5 Å². The molecule has 0 spiro atoms. The maximum absolute atomic E-state index is 15.0. The van der Waals surface area contributed by atoms with Crippen LogP contribution in [0.15, 0.2) is 96.9 Å². The summed E-state index contributed by atoms with van der Waals surface area (Å²) in [5.74, 6) is 0.0476. The Labute approximate surface area is 218 Å². The first-order valence-corrected chi connectivity index (χ1v) is 12.1. The van der Waals surface area contributed by atoms with Gasteiger partial charge in [0.15, 0.2) is 5.90 Å². The first kappa shape index (κ1) is 27.3. The molecule has 0 N–H and O–H groups in total. The molecule has 37 heavy (non-hydrogen) atoms. The normalized spacial score (nSPS) is 14.6. The van der Waals surface area contributed by atoms with Gasteiger partial charge in [-0.3, -0.25) is 0 Å². The van der Waals surface area contributed by atoms with Gasteiger partial charge in [0.05, 0.1) is 30.6 Å². The van der Waals surface area contributed by atoms with Crippen molar-refractivity contribution >= 4 is 28.9 Å². The molecule has 0 saturated heterocycles. The lowest BCUT2D eigenvalue weighted by atomic mass is 10.0. The summed E-state index contributed by atoms with van der Waals surface area (Å²) in [7, 11) is 1.56. The van der Waals surface area contributed by atoms with E-state index in [0.29, 0.717) is 35.1 Å². The Hall–Kier alpha value is -4.32. The minimum atomic E-state index is -0.369. The van der Waals surface area contributed by atoms with Gasteiger partial charge in [0.1, 0.15) is 11.5 Å². The topological polar surface area (TPSA) is 52.3 Å². The number of rotatable bonds is 9. The average Bonchev–Trinajstić information content (AvgIpc) is 3.17. The Morgan fingerprint density at radius 1 is 1.24 bits per heavy atom. The van der Waals surface area contributed by atoms with Gasteiger partial charge < -0.3 is 4.74 Å². The molecule has 0 bridgehead atoms. The number of allylic oxidation sites excluding steroid dienone is 12. The zero-order valence-corrected chi connectivity index (χ0v) is 21.9. The van der Waals surface area contributed by atoms with Crippen molar-refractivity contribution in [3.63, 3.8) is 0 Å². The standard InChI is InChI=1S/C31H33FN4O/c1-7-13-24(14-8-2)31-28(34-35-36(31)29-17-12-10-11-16-27(29)32)21-30(37-6)33-23(5)26-19-18-22(4)25(20-26)15-9-3/h7-16,18-20H,1,5,17,21H2,2-4,6H3/b14-8-,15-9-,24-13+,33-30?. The van der Waals surface area contributed by atoms with Gasteiger partial charge in [0.25, 0.3) is 0 Å². The molecule has 0 atom stereocenters. The highest BCUT2D eigenvalue weighted by atomic mass is 19.1. The molecule has 3 rings (SSSR count). The Bertz CT molecular complexity index is 1380. The van der Waals surface area contributed by atoms with E-state index in [0.717, 1.165) is 16.7 Å². The largest absolute Gasteiger partial charge is 0.484 e. The Kier molecular flexibility index (Phi) is 9.67. The zero-order chi connectivity index (χ0) is 26.8. The second-order valence-corrected chi connectivity index (χ2v) is 8.34. The molecule has 1 aromatic carbocycles. The number of halogens is 1. The molecule has 5 nitrogen and oxygen atoms in total. The molecular weight excluding hydrogens is 463 g/mol. The summed E-state index contributed by atoms with van der Waals surface area (Å²) in [6, 6.07) is 6.08. The quantitative estimate of drug-likeness (QED) is 0.203. The number of aliphatic imine (C=N–C) groups is 1. The molecule has 0 unspecified atom stereocenters. The number of ether oxygens (including phenoxy) is 1. The monoisotopic (exact) mass is 496 g/mol. The number of methoxy groups -OCH3 is 1. The maximum atomic E-state index is 15.0. The third-order valence-electron chi connectivity index (χ3n) is 5.76. The highest BCUT2D eigenvalue weighted by Crippen LogP contribution is 2.28. The number of aryl methyl sites for hydroxylation is 1. The zero-order valence-electron chi connectivity index (χ0n) is 21.9. The van der Waals surface area contributed by atoms with Gasteiger partial charge in [-0.05, 0) is 44.0 Å². The average molecular weight is 497 g/mol. The van der Waals surface area contributed by atoms with Crippen LogP contribution in [0.4, 0.5) is 4.39 Å². The van der Waals surface area contributed by atoms with Crippen LogP contribution in [0.3, 0.4) is 0 Å². The number of hydrogen-bond acceptors (Lipinski definition) is 4. The van der Waals surface area contributed by atoms with Crippen molar-refractivity contribution in [2.45, 2.75) is 33.6 Å². The smallest absolute Gasteiger partial charge is 0.194 e. The summed E-state index contributed by atoms with van der Waals surface area (Å²) in [6.45, 7) is 14.0. The molecule has 6 heteroatoms. The summed E-state index contributed by atoms with van der Waals surface area (Å²) in [5.41, 5.74) is 6.16. The number of hydrogen-bond donors (Lipinski definition) is 0. The van der Waals surface area contributed by atoms with Gasteiger partial charge in [-0.25, -0.2) is 14.1 Å². The van der Waals surface area contributed by atoms with Crippen LogP contribution in [0.5, 0.6) is 0 Å². The van der Waals surface area contributed by atoms with E-state index in [9.17, 15) is 4.39 Å². The molecule has 0 saturated carbocycles. The molecule has 0 fully saturated rings. The van der Waals surface area contributed by atoms with E-state index in [1.54, 1.807) is 23.9 Å². The van der Waals surface area contributed by atoms with Crippen LogP contribution in [-0.4, -0.2) is 28.0 Å². The summed E-state index contributed by atoms with van der Waals surface area (Å²) < 4.78 is 22.1. The van der Waals surface area contributed by atoms with Gasteiger partial charge >= 0.3 is 0 Å². The van der Waals surface area contributed by atoms with Crippen LogP contribution in [0.2, 0.25) is 0 Å². The van der Waals surface area contributed by atoms with Gasteiger partial charge in [-0.1, -0.05) is 85.2 Å². The fourth-order valence-electron chi connectivity index (χ4n) is 3.90. The molecule has 0 amide bonds. The fourth-order valence-corrected chi connectivity index (χ4v) is 3.90. The molecular formula is C31H33FN4O. The van der Waals surface area contributed by atoms with E-state index in [4.69, 9.17) is 4.74 Å². The van der Waals surface area contributed by atoms with E-state index in [1.165, 1.54) is 11.6 Å². The molecule has 1 aliphatic carbocycles. The highest BCUT2D eigenvalue weighted by Gasteiger charge is 2.22. The van der Waals surface area contributed by atoms with Crippen LogP contribution >= 0.6 is 0 Å². The van der Waals surface area contributed by atoms with Crippen LogP contribution in [0.1, 0.15) is 48.3 Å². The van der Waals surface area contributed by atoms with E-state index in [-0.39, 0.29) is 12.2 Å². The lowest BCUT2D eigenvalue weighted by Gasteiger charge is -2.12. The lowest BCUT2D eigenvalue weighted by molar-refractivity contribution is 0.394. The summed E-state index contributed by atoms with van der Waals surface area (Å²) in [5, 5.41) is 8.75. The third-order valence-corrected chi connectivity index (χ3v) is 5.76. The molecule has 0 aliphatic heterocycles. The van der Waals surface area contributed by atoms with Gasteiger partial charge in [0.2, 0.25) is 0 Å². The van der Waals surface area contributed by atoms with Gasteiger partial charge in [-0.15, -0.1) is 5.10 Å². The molecule has 0 radical (unpaired) electrons. The minimum absolute atomic E-state index is 0.241.